The standard InChI is InChI=1S/C15H23NO/c1-2-16-15(14-10-11-17-12-14)9-8-13-6-4-3-5-7-13/h3-7,14-16H,2,8-12H2,1H3. The quantitative estimate of drug-likeness (QED) is 0.815. The van der Waals surface area contributed by atoms with Crippen molar-refractivity contribution < 1.29 is 4.74 Å². The smallest absolute Gasteiger partial charge is 0.0510 e. The van der Waals surface area contributed by atoms with Gasteiger partial charge in [-0.25, -0.2) is 0 Å². The zero-order valence-electron chi connectivity index (χ0n) is 10.7. The van der Waals surface area contributed by atoms with Crippen molar-refractivity contribution in [1.29, 1.82) is 0 Å². The maximum atomic E-state index is 5.50. The molecule has 2 unspecified atom stereocenters. The van der Waals surface area contributed by atoms with Gasteiger partial charge in [-0.3, -0.25) is 0 Å². The minimum Gasteiger partial charge on any atom is -0.381 e. The first-order valence-electron chi connectivity index (χ1n) is 6.75. The molecule has 0 spiro atoms. The van der Waals surface area contributed by atoms with Crippen LogP contribution in [0.5, 0.6) is 0 Å². The summed E-state index contributed by atoms with van der Waals surface area (Å²) in [7, 11) is 0. The van der Waals surface area contributed by atoms with Crippen LogP contribution in [0.25, 0.3) is 0 Å². The van der Waals surface area contributed by atoms with Crippen LogP contribution in [0.2, 0.25) is 0 Å². The Morgan fingerprint density at radius 3 is 2.82 bits per heavy atom. The van der Waals surface area contributed by atoms with Crippen LogP contribution in [0.1, 0.15) is 25.3 Å². The van der Waals surface area contributed by atoms with E-state index in [0.717, 1.165) is 26.2 Å². The molecule has 0 radical (unpaired) electrons. The van der Waals surface area contributed by atoms with Crippen molar-refractivity contribution in [2.75, 3.05) is 19.8 Å². The van der Waals surface area contributed by atoms with E-state index in [1.54, 1.807) is 0 Å². The largest absolute Gasteiger partial charge is 0.381 e. The zero-order chi connectivity index (χ0) is 11.9. The molecule has 0 aromatic heterocycles. The Bertz CT molecular complexity index is 306. The lowest BCUT2D eigenvalue weighted by Gasteiger charge is -2.23. The van der Waals surface area contributed by atoms with Gasteiger partial charge in [-0.15, -0.1) is 0 Å². The minimum absolute atomic E-state index is 0.614. The first kappa shape index (κ1) is 12.6. The summed E-state index contributed by atoms with van der Waals surface area (Å²) >= 11 is 0. The molecule has 94 valence electrons. The van der Waals surface area contributed by atoms with Gasteiger partial charge in [0.25, 0.3) is 0 Å². The van der Waals surface area contributed by atoms with Crippen molar-refractivity contribution in [3.8, 4) is 0 Å². The fraction of sp³-hybridized carbons (Fsp3) is 0.600. The van der Waals surface area contributed by atoms with Gasteiger partial charge in [0, 0.05) is 12.6 Å². The Balaban J connectivity index is 1.84. The number of hydrogen-bond donors (Lipinski definition) is 1. The second-order valence-corrected chi connectivity index (χ2v) is 4.81. The molecule has 2 rings (SSSR count). The molecule has 17 heavy (non-hydrogen) atoms. The van der Waals surface area contributed by atoms with E-state index in [2.05, 4.69) is 42.6 Å². The molecule has 0 amide bonds. The molecule has 1 N–H and O–H groups in total. The molecule has 2 heteroatoms. The lowest BCUT2D eigenvalue weighted by molar-refractivity contribution is 0.175. The second kappa shape index (κ2) is 6.77. The molecule has 1 saturated heterocycles. The van der Waals surface area contributed by atoms with E-state index in [1.165, 1.54) is 18.4 Å². The van der Waals surface area contributed by atoms with Gasteiger partial charge < -0.3 is 10.1 Å². The summed E-state index contributed by atoms with van der Waals surface area (Å²) in [5, 5.41) is 3.61. The Kier molecular flexibility index (Phi) is 5.02. The highest BCUT2D eigenvalue weighted by atomic mass is 16.5. The highest BCUT2D eigenvalue weighted by Gasteiger charge is 2.24. The van der Waals surface area contributed by atoms with E-state index < -0.39 is 0 Å². The van der Waals surface area contributed by atoms with Gasteiger partial charge in [0.15, 0.2) is 0 Å². The lowest BCUT2D eigenvalue weighted by atomic mass is 9.93. The summed E-state index contributed by atoms with van der Waals surface area (Å²) in [4.78, 5) is 0. The van der Waals surface area contributed by atoms with E-state index in [9.17, 15) is 0 Å². The van der Waals surface area contributed by atoms with E-state index in [4.69, 9.17) is 4.74 Å². The monoisotopic (exact) mass is 233 g/mol. The Morgan fingerprint density at radius 1 is 1.35 bits per heavy atom. The highest BCUT2D eigenvalue weighted by molar-refractivity contribution is 5.14. The molecule has 1 aliphatic rings. The molecule has 1 fully saturated rings. The predicted molar refractivity (Wildman–Crippen MR) is 71.2 cm³/mol. The maximum Gasteiger partial charge on any atom is 0.0510 e. The van der Waals surface area contributed by atoms with Gasteiger partial charge in [-0.2, -0.15) is 0 Å². The van der Waals surface area contributed by atoms with Crippen LogP contribution in [-0.2, 0) is 11.2 Å². The number of aryl methyl sites for hydroxylation is 1. The number of ether oxygens (including phenoxy) is 1. The summed E-state index contributed by atoms with van der Waals surface area (Å²) < 4.78 is 5.50. The zero-order valence-corrected chi connectivity index (χ0v) is 10.7. The van der Waals surface area contributed by atoms with E-state index >= 15 is 0 Å². The van der Waals surface area contributed by atoms with Crippen molar-refractivity contribution >= 4 is 0 Å². The van der Waals surface area contributed by atoms with Gasteiger partial charge in [-0.05, 0) is 37.3 Å². The topological polar surface area (TPSA) is 21.3 Å². The summed E-state index contributed by atoms with van der Waals surface area (Å²) in [5.74, 6) is 0.707. The molecule has 2 atom stereocenters. The highest BCUT2D eigenvalue weighted by Crippen LogP contribution is 2.20. The number of rotatable bonds is 6. The third-order valence-corrected chi connectivity index (χ3v) is 3.59. The van der Waals surface area contributed by atoms with Crippen LogP contribution in [0.4, 0.5) is 0 Å². The van der Waals surface area contributed by atoms with Gasteiger partial charge in [0.2, 0.25) is 0 Å². The molecule has 2 nitrogen and oxygen atoms in total. The van der Waals surface area contributed by atoms with Crippen molar-refractivity contribution in [2.45, 2.75) is 32.2 Å². The average Bonchev–Trinajstić information content (AvgIpc) is 2.89. The van der Waals surface area contributed by atoms with Crippen LogP contribution in [0, 0.1) is 5.92 Å². The molecular formula is C15H23NO. The summed E-state index contributed by atoms with van der Waals surface area (Å²) in [6, 6.07) is 11.4. The van der Waals surface area contributed by atoms with E-state index in [1.807, 2.05) is 0 Å². The third kappa shape index (κ3) is 3.83. The van der Waals surface area contributed by atoms with Gasteiger partial charge in [0.05, 0.1) is 6.61 Å². The minimum atomic E-state index is 0.614. The van der Waals surface area contributed by atoms with Crippen LogP contribution in [0.3, 0.4) is 0 Å². The second-order valence-electron chi connectivity index (χ2n) is 4.81. The third-order valence-electron chi connectivity index (χ3n) is 3.59. The van der Waals surface area contributed by atoms with Crippen molar-refractivity contribution in [3.05, 3.63) is 35.9 Å². The van der Waals surface area contributed by atoms with Gasteiger partial charge >= 0.3 is 0 Å². The molecule has 0 aliphatic carbocycles. The summed E-state index contributed by atoms with van der Waals surface area (Å²) in [5.41, 5.74) is 1.44. The number of benzene rings is 1. The molecule has 1 heterocycles. The van der Waals surface area contributed by atoms with Crippen molar-refractivity contribution in [3.63, 3.8) is 0 Å². The fourth-order valence-electron chi connectivity index (χ4n) is 2.60. The Hall–Kier alpha value is -0.860. The first-order valence-corrected chi connectivity index (χ1v) is 6.75. The Labute approximate surface area is 104 Å². The summed E-state index contributed by atoms with van der Waals surface area (Å²) in [6.45, 7) is 5.12. The average molecular weight is 233 g/mol. The summed E-state index contributed by atoms with van der Waals surface area (Å²) in [6.07, 6.45) is 3.59. The van der Waals surface area contributed by atoms with E-state index in [0.29, 0.717) is 12.0 Å². The predicted octanol–water partition coefficient (Wildman–Crippen LogP) is 2.63. The van der Waals surface area contributed by atoms with Crippen molar-refractivity contribution in [2.24, 2.45) is 5.92 Å². The fourth-order valence-corrected chi connectivity index (χ4v) is 2.60. The van der Waals surface area contributed by atoms with Crippen LogP contribution >= 0.6 is 0 Å². The number of hydrogen-bond acceptors (Lipinski definition) is 2. The van der Waals surface area contributed by atoms with Gasteiger partial charge in [-0.1, -0.05) is 37.3 Å². The van der Waals surface area contributed by atoms with Gasteiger partial charge in [0.1, 0.15) is 0 Å². The number of nitrogens with one attached hydrogen (secondary N) is 1. The Morgan fingerprint density at radius 2 is 2.18 bits per heavy atom. The lowest BCUT2D eigenvalue weighted by Crippen LogP contribution is -2.36. The molecule has 0 bridgehead atoms. The molecule has 1 aromatic rings. The molecule has 0 saturated carbocycles. The molecule has 1 aliphatic heterocycles. The first-order chi connectivity index (χ1) is 8.40. The molecular weight excluding hydrogens is 210 g/mol. The van der Waals surface area contributed by atoms with Crippen molar-refractivity contribution in [1.82, 2.24) is 5.32 Å². The normalized spacial score (nSPS) is 21.6. The maximum absolute atomic E-state index is 5.50. The van der Waals surface area contributed by atoms with Crippen LogP contribution in [0.15, 0.2) is 30.3 Å². The van der Waals surface area contributed by atoms with E-state index in [-0.39, 0.29) is 0 Å². The molecule has 1 aromatic carbocycles. The SMILES string of the molecule is CCNC(CCc1ccccc1)C1CCOC1. The van der Waals surface area contributed by atoms with Crippen LogP contribution in [-0.4, -0.2) is 25.8 Å². The van der Waals surface area contributed by atoms with Crippen LogP contribution < -0.4 is 5.32 Å².